The molecule has 1 atom stereocenters. The van der Waals surface area contributed by atoms with Crippen molar-refractivity contribution in [2.24, 2.45) is 0 Å². The van der Waals surface area contributed by atoms with Crippen molar-refractivity contribution in [3.05, 3.63) is 24.8 Å². The van der Waals surface area contributed by atoms with Gasteiger partial charge in [-0.2, -0.15) is 0 Å². The van der Waals surface area contributed by atoms with Gasteiger partial charge in [0.2, 0.25) is 0 Å². The summed E-state index contributed by atoms with van der Waals surface area (Å²) in [5, 5.41) is 0. The molecule has 0 saturated carbocycles. The summed E-state index contributed by atoms with van der Waals surface area (Å²) in [5.74, 6) is 0. The van der Waals surface area contributed by atoms with Crippen molar-refractivity contribution < 1.29 is 14.3 Å². The molecule has 1 unspecified atom stereocenters. The van der Waals surface area contributed by atoms with Crippen LogP contribution in [0.15, 0.2) is 24.8 Å². The van der Waals surface area contributed by atoms with E-state index >= 15 is 0 Å². The third-order valence-corrected chi connectivity index (χ3v) is 2.30. The summed E-state index contributed by atoms with van der Waals surface area (Å²) in [6, 6.07) is 0. The molecule has 0 bridgehead atoms. The summed E-state index contributed by atoms with van der Waals surface area (Å²) in [6.07, 6.45) is 10.2. The normalized spacial score (nSPS) is 21.2. The van der Waals surface area contributed by atoms with E-state index < -0.39 is 6.16 Å². The average molecular weight is 210 g/mol. The lowest BCUT2D eigenvalue weighted by molar-refractivity contribution is 0.0231. The summed E-state index contributed by atoms with van der Waals surface area (Å²) in [7, 11) is 0. The van der Waals surface area contributed by atoms with Crippen molar-refractivity contribution in [2.75, 3.05) is 6.61 Å². The highest BCUT2D eigenvalue weighted by atomic mass is 16.7. The van der Waals surface area contributed by atoms with Gasteiger partial charge in [-0.1, -0.05) is 24.8 Å². The first kappa shape index (κ1) is 11.8. The highest BCUT2D eigenvalue weighted by Crippen LogP contribution is 2.15. The molecule has 0 aromatic rings. The largest absolute Gasteiger partial charge is 0.508 e. The molecule has 0 aromatic heterocycles. The van der Waals surface area contributed by atoms with E-state index in [1.807, 2.05) is 0 Å². The zero-order valence-corrected chi connectivity index (χ0v) is 8.98. The van der Waals surface area contributed by atoms with Gasteiger partial charge in [-0.15, -0.1) is 0 Å². The molecule has 0 aromatic carbocycles. The first-order chi connectivity index (χ1) is 7.33. The lowest BCUT2D eigenvalue weighted by Crippen LogP contribution is -2.19. The van der Waals surface area contributed by atoms with Crippen molar-refractivity contribution in [3.8, 4) is 0 Å². The van der Waals surface area contributed by atoms with Gasteiger partial charge in [-0.3, -0.25) is 0 Å². The van der Waals surface area contributed by atoms with Gasteiger partial charge in [0, 0.05) is 0 Å². The van der Waals surface area contributed by atoms with Crippen molar-refractivity contribution in [3.63, 3.8) is 0 Å². The van der Waals surface area contributed by atoms with E-state index in [9.17, 15) is 4.79 Å². The van der Waals surface area contributed by atoms with Gasteiger partial charge in [0.15, 0.2) is 0 Å². The van der Waals surface area contributed by atoms with Gasteiger partial charge in [0.1, 0.15) is 12.7 Å². The van der Waals surface area contributed by atoms with Crippen molar-refractivity contribution in [2.45, 2.75) is 38.2 Å². The minimum Gasteiger partial charge on any atom is -0.431 e. The number of carbonyl (C=O) groups is 1. The topological polar surface area (TPSA) is 35.5 Å². The van der Waals surface area contributed by atoms with Crippen molar-refractivity contribution >= 4 is 6.16 Å². The van der Waals surface area contributed by atoms with Gasteiger partial charge in [-0.25, -0.2) is 4.79 Å². The van der Waals surface area contributed by atoms with Gasteiger partial charge < -0.3 is 9.47 Å². The van der Waals surface area contributed by atoms with E-state index in [0.29, 0.717) is 0 Å². The first-order valence-corrected chi connectivity index (χ1v) is 5.42. The molecule has 0 aliphatic heterocycles. The fraction of sp³-hybridized carbons (Fsp3) is 0.583. The van der Waals surface area contributed by atoms with Crippen LogP contribution in [0.25, 0.3) is 0 Å². The van der Waals surface area contributed by atoms with Crippen LogP contribution in [0.1, 0.15) is 32.1 Å². The number of carbonyl (C=O) groups excluding carboxylic acids is 1. The van der Waals surface area contributed by atoms with E-state index in [-0.39, 0.29) is 12.7 Å². The molecule has 1 aliphatic rings. The first-order valence-electron chi connectivity index (χ1n) is 5.42. The second kappa shape index (κ2) is 7.10. The van der Waals surface area contributed by atoms with Gasteiger partial charge >= 0.3 is 6.16 Å². The van der Waals surface area contributed by atoms with Crippen LogP contribution < -0.4 is 0 Å². The third-order valence-electron chi connectivity index (χ3n) is 2.30. The van der Waals surface area contributed by atoms with Gasteiger partial charge in [0.05, 0.1) is 0 Å². The summed E-state index contributed by atoms with van der Waals surface area (Å²) < 4.78 is 9.95. The van der Waals surface area contributed by atoms with E-state index in [0.717, 1.165) is 32.1 Å². The fourth-order valence-corrected chi connectivity index (χ4v) is 1.54. The number of ether oxygens (including phenoxy) is 2. The van der Waals surface area contributed by atoms with Crippen LogP contribution in [-0.4, -0.2) is 18.9 Å². The van der Waals surface area contributed by atoms with Crippen LogP contribution >= 0.6 is 0 Å². The summed E-state index contributed by atoms with van der Waals surface area (Å²) in [5.41, 5.74) is 0. The number of allylic oxidation sites excluding steroid dienone is 2. The molecule has 3 nitrogen and oxygen atoms in total. The average Bonchev–Trinajstić information content (AvgIpc) is 2.19. The molecule has 0 radical (unpaired) electrons. The standard InChI is InChI=1S/C12H18O3/c1-2-10-14-12(13)15-11-8-6-4-3-5-7-9-11/h2-4,11H,1,5-10H2. The molecule has 0 spiro atoms. The molecule has 84 valence electrons. The number of hydrogen-bond acceptors (Lipinski definition) is 3. The Kier molecular flexibility index (Phi) is 5.59. The zero-order valence-electron chi connectivity index (χ0n) is 8.98. The Hall–Kier alpha value is -1.25. The van der Waals surface area contributed by atoms with Crippen LogP contribution in [0.3, 0.4) is 0 Å². The molecule has 1 rings (SSSR count). The van der Waals surface area contributed by atoms with Crippen LogP contribution in [0.5, 0.6) is 0 Å². The Balaban J connectivity index is 2.26. The highest BCUT2D eigenvalue weighted by molar-refractivity contribution is 5.60. The Morgan fingerprint density at radius 1 is 1.40 bits per heavy atom. The zero-order chi connectivity index (χ0) is 10.9. The van der Waals surface area contributed by atoms with Crippen LogP contribution in [0.2, 0.25) is 0 Å². The predicted octanol–water partition coefficient (Wildman–Crippen LogP) is 3.21. The molecule has 0 fully saturated rings. The monoisotopic (exact) mass is 210 g/mol. The Morgan fingerprint density at radius 2 is 2.20 bits per heavy atom. The fourth-order valence-electron chi connectivity index (χ4n) is 1.54. The lowest BCUT2D eigenvalue weighted by Gasteiger charge is -2.17. The molecule has 0 saturated heterocycles. The Bertz CT molecular complexity index is 233. The maximum atomic E-state index is 11.2. The van der Waals surface area contributed by atoms with Crippen molar-refractivity contribution in [1.29, 1.82) is 0 Å². The van der Waals surface area contributed by atoms with E-state index in [4.69, 9.17) is 9.47 Å². The third kappa shape index (κ3) is 5.25. The number of rotatable bonds is 3. The maximum absolute atomic E-state index is 11.2. The summed E-state index contributed by atoms with van der Waals surface area (Å²) in [4.78, 5) is 11.2. The van der Waals surface area contributed by atoms with E-state index in [2.05, 4.69) is 18.7 Å². The SMILES string of the molecule is C=CCOC(=O)OC1CCC=CCCC1. The van der Waals surface area contributed by atoms with E-state index in [1.54, 1.807) is 0 Å². The second-order valence-electron chi connectivity index (χ2n) is 3.57. The molecular weight excluding hydrogens is 192 g/mol. The Labute approximate surface area is 90.8 Å². The summed E-state index contributed by atoms with van der Waals surface area (Å²) >= 11 is 0. The molecular formula is C12H18O3. The predicted molar refractivity (Wildman–Crippen MR) is 58.6 cm³/mol. The molecule has 1 aliphatic carbocycles. The van der Waals surface area contributed by atoms with E-state index in [1.165, 1.54) is 6.08 Å². The lowest BCUT2D eigenvalue weighted by atomic mass is 10.0. The minimum absolute atomic E-state index is 0.00673. The van der Waals surface area contributed by atoms with Crippen LogP contribution in [0, 0.1) is 0 Å². The number of hydrogen-bond donors (Lipinski definition) is 0. The molecule has 0 heterocycles. The second-order valence-corrected chi connectivity index (χ2v) is 3.57. The smallest absolute Gasteiger partial charge is 0.431 e. The highest BCUT2D eigenvalue weighted by Gasteiger charge is 2.14. The summed E-state index contributed by atoms with van der Waals surface area (Å²) in [6.45, 7) is 3.68. The Morgan fingerprint density at radius 3 is 3.00 bits per heavy atom. The molecule has 0 N–H and O–H groups in total. The molecule has 0 amide bonds. The van der Waals surface area contributed by atoms with Crippen molar-refractivity contribution in [1.82, 2.24) is 0 Å². The quantitative estimate of drug-likeness (QED) is 0.530. The molecule has 3 heteroatoms. The minimum atomic E-state index is -0.579. The van der Waals surface area contributed by atoms with Gasteiger partial charge in [0.25, 0.3) is 0 Å². The van der Waals surface area contributed by atoms with Crippen LogP contribution in [-0.2, 0) is 9.47 Å². The molecule has 15 heavy (non-hydrogen) atoms. The maximum Gasteiger partial charge on any atom is 0.508 e. The van der Waals surface area contributed by atoms with Crippen LogP contribution in [0.4, 0.5) is 4.79 Å². The van der Waals surface area contributed by atoms with Gasteiger partial charge in [-0.05, 0) is 32.1 Å².